The first-order valence-corrected chi connectivity index (χ1v) is 8.13. The first-order chi connectivity index (χ1) is 9.63. The minimum Gasteiger partial charge on any atom is -0.349 e. The molecule has 5 heteroatoms. The van der Waals surface area contributed by atoms with Crippen LogP contribution >= 0.6 is 28.3 Å². The van der Waals surface area contributed by atoms with Crippen LogP contribution in [0.25, 0.3) is 0 Å². The molecule has 1 saturated carbocycles. The quantitative estimate of drug-likeness (QED) is 0.827. The number of halogens is 2. The van der Waals surface area contributed by atoms with Crippen LogP contribution in [-0.4, -0.2) is 25.0 Å². The van der Waals surface area contributed by atoms with Crippen molar-refractivity contribution in [1.82, 2.24) is 10.6 Å². The smallest absolute Gasteiger partial charge is 0.234 e. The number of carbonyl (C=O) groups excluding carboxylic acids is 1. The van der Waals surface area contributed by atoms with E-state index >= 15 is 0 Å². The molecule has 0 aliphatic heterocycles. The fourth-order valence-corrected chi connectivity index (χ4v) is 3.33. The van der Waals surface area contributed by atoms with Gasteiger partial charge in [0.2, 0.25) is 5.91 Å². The first-order valence-electron chi connectivity index (χ1n) is 7.34. The van der Waals surface area contributed by atoms with Crippen LogP contribution in [0, 0.1) is 0 Å². The summed E-state index contributed by atoms with van der Waals surface area (Å²) in [5, 5.41) is 6.21. The molecular formula is C16H24BrClN2O. The van der Waals surface area contributed by atoms with Crippen LogP contribution in [0.15, 0.2) is 28.7 Å². The van der Waals surface area contributed by atoms with E-state index in [4.69, 9.17) is 0 Å². The van der Waals surface area contributed by atoms with E-state index in [1.165, 1.54) is 24.8 Å². The molecule has 1 aromatic rings. The van der Waals surface area contributed by atoms with Crippen LogP contribution in [0.1, 0.15) is 37.7 Å². The highest BCUT2D eigenvalue weighted by Gasteiger charge is 2.33. The first kappa shape index (κ1) is 18.5. The lowest BCUT2D eigenvalue weighted by atomic mass is 9.77. The van der Waals surface area contributed by atoms with Crippen molar-refractivity contribution in [2.45, 2.75) is 44.1 Å². The van der Waals surface area contributed by atoms with Crippen LogP contribution in [0.4, 0.5) is 0 Å². The van der Waals surface area contributed by atoms with Gasteiger partial charge in [-0.25, -0.2) is 0 Å². The summed E-state index contributed by atoms with van der Waals surface area (Å²) in [6, 6.07) is 8.43. The molecule has 21 heavy (non-hydrogen) atoms. The molecule has 0 spiro atoms. The van der Waals surface area contributed by atoms with Crippen molar-refractivity contribution in [2.24, 2.45) is 0 Å². The molecule has 2 rings (SSSR count). The molecule has 0 saturated heterocycles. The summed E-state index contributed by atoms with van der Waals surface area (Å²) in [7, 11) is 1.81. The van der Waals surface area contributed by atoms with Crippen LogP contribution in [0.2, 0.25) is 0 Å². The Morgan fingerprint density at radius 1 is 1.19 bits per heavy atom. The number of benzene rings is 1. The van der Waals surface area contributed by atoms with E-state index in [2.05, 4.69) is 50.8 Å². The lowest BCUT2D eigenvalue weighted by Crippen LogP contribution is -2.53. The van der Waals surface area contributed by atoms with Gasteiger partial charge < -0.3 is 10.6 Å². The van der Waals surface area contributed by atoms with Gasteiger partial charge in [0.15, 0.2) is 0 Å². The van der Waals surface area contributed by atoms with E-state index in [-0.39, 0.29) is 23.9 Å². The van der Waals surface area contributed by atoms with E-state index in [0.717, 1.165) is 23.7 Å². The number of rotatable bonds is 5. The summed E-state index contributed by atoms with van der Waals surface area (Å²) in [6.07, 6.45) is 6.78. The fraction of sp³-hybridized carbons (Fsp3) is 0.562. The van der Waals surface area contributed by atoms with Crippen molar-refractivity contribution in [1.29, 1.82) is 0 Å². The Morgan fingerprint density at radius 3 is 2.38 bits per heavy atom. The Kier molecular flexibility index (Phi) is 7.71. The molecule has 0 bridgehead atoms. The second kappa shape index (κ2) is 8.76. The maximum absolute atomic E-state index is 12.0. The molecule has 0 heterocycles. The zero-order valence-electron chi connectivity index (χ0n) is 12.5. The van der Waals surface area contributed by atoms with Crippen LogP contribution < -0.4 is 10.6 Å². The molecule has 1 aromatic carbocycles. The van der Waals surface area contributed by atoms with E-state index in [0.29, 0.717) is 6.54 Å². The third kappa shape index (κ3) is 5.61. The molecule has 0 atom stereocenters. The highest BCUT2D eigenvalue weighted by molar-refractivity contribution is 9.10. The molecule has 0 unspecified atom stereocenters. The Labute approximate surface area is 141 Å². The zero-order chi connectivity index (χ0) is 14.4. The predicted octanol–water partition coefficient (Wildman–Crippen LogP) is 3.45. The average Bonchev–Trinajstić information content (AvgIpc) is 2.42. The highest BCUT2D eigenvalue weighted by Crippen LogP contribution is 2.31. The van der Waals surface area contributed by atoms with Gasteiger partial charge in [0.25, 0.3) is 0 Å². The Hall–Kier alpha value is -0.580. The van der Waals surface area contributed by atoms with E-state index in [1.807, 2.05) is 7.05 Å². The summed E-state index contributed by atoms with van der Waals surface area (Å²) in [5.74, 6) is 0.103. The van der Waals surface area contributed by atoms with Crippen LogP contribution in [0.3, 0.4) is 0 Å². The largest absolute Gasteiger partial charge is 0.349 e. The molecule has 2 N–H and O–H groups in total. The van der Waals surface area contributed by atoms with Gasteiger partial charge >= 0.3 is 0 Å². The van der Waals surface area contributed by atoms with Gasteiger partial charge in [-0.15, -0.1) is 12.4 Å². The van der Waals surface area contributed by atoms with E-state index in [9.17, 15) is 4.79 Å². The Morgan fingerprint density at radius 2 is 1.81 bits per heavy atom. The number of nitrogens with one attached hydrogen (secondary N) is 2. The summed E-state index contributed by atoms with van der Waals surface area (Å²) in [5.41, 5.74) is 1.24. The van der Waals surface area contributed by atoms with Gasteiger partial charge in [-0.05, 0) is 44.0 Å². The van der Waals surface area contributed by atoms with Crippen LogP contribution in [0.5, 0.6) is 0 Å². The van der Waals surface area contributed by atoms with Gasteiger partial charge in [-0.3, -0.25) is 4.79 Å². The molecule has 1 fully saturated rings. The second-order valence-corrected chi connectivity index (χ2v) is 6.64. The minimum atomic E-state index is -0.0555. The molecule has 3 nitrogen and oxygen atoms in total. The third-order valence-electron chi connectivity index (χ3n) is 4.01. The summed E-state index contributed by atoms with van der Waals surface area (Å²) in [6.45, 7) is 0.391. The molecule has 118 valence electrons. The van der Waals surface area contributed by atoms with Crippen molar-refractivity contribution in [3.8, 4) is 0 Å². The Balaban J connectivity index is 0.00000220. The highest BCUT2D eigenvalue weighted by atomic mass is 79.9. The Bertz CT molecular complexity index is 444. The summed E-state index contributed by atoms with van der Waals surface area (Å²) >= 11 is 3.47. The normalized spacial score (nSPS) is 16.9. The van der Waals surface area contributed by atoms with Gasteiger partial charge in [0.05, 0.1) is 6.54 Å². The predicted molar refractivity (Wildman–Crippen MR) is 93.0 cm³/mol. The number of hydrogen-bond donors (Lipinski definition) is 2. The number of carbonyl (C=O) groups is 1. The van der Waals surface area contributed by atoms with Crippen molar-refractivity contribution in [3.63, 3.8) is 0 Å². The van der Waals surface area contributed by atoms with E-state index < -0.39 is 0 Å². The summed E-state index contributed by atoms with van der Waals surface area (Å²) in [4.78, 5) is 12.0. The molecule has 1 aliphatic rings. The lowest BCUT2D eigenvalue weighted by Gasteiger charge is -2.38. The number of hydrogen-bond acceptors (Lipinski definition) is 2. The standard InChI is InChI=1S/C16H23BrN2O.ClH/c1-18-12-15(20)19-16(9-3-2-4-10-16)11-13-5-7-14(17)8-6-13;/h5-8,18H,2-4,9-12H2,1H3,(H,19,20);1H. The van der Waals surface area contributed by atoms with Gasteiger partial charge in [-0.2, -0.15) is 0 Å². The molecular weight excluding hydrogens is 352 g/mol. The van der Waals surface area contributed by atoms with Gasteiger partial charge in [-0.1, -0.05) is 47.3 Å². The topological polar surface area (TPSA) is 41.1 Å². The minimum absolute atomic E-state index is 0. The molecule has 1 amide bonds. The molecule has 1 aliphatic carbocycles. The van der Waals surface area contributed by atoms with Gasteiger partial charge in [0.1, 0.15) is 0 Å². The maximum atomic E-state index is 12.0. The number of likely N-dealkylation sites (N-methyl/N-ethyl adjacent to an activating group) is 1. The molecule has 0 radical (unpaired) electrons. The lowest BCUT2D eigenvalue weighted by molar-refractivity contribution is -0.122. The van der Waals surface area contributed by atoms with Crippen LogP contribution in [-0.2, 0) is 11.2 Å². The molecule has 0 aromatic heterocycles. The van der Waals surface area contributed by atoms with Crippen molar-refractivity contribution >= 4 is 34.2 Å². The zero-order valence-corrected chi connectivity index (χ0v) is 14.9. The number of amides is 1. The monoisotopic (exact) mass is 374 g/mol. The van der Waals surface area contributed by atoms with Crippen molar-refractivity contribution in [3.05, 3.63) is 34.3 Å². The summed E-state index contributed by atoms with van der Waals surface area (Å²) < 4.78 is 1.10. The van der Waals surface area contributed by atoms with Crippen molar-refractivity contribution < 1.29 is 4.79 Å². The third-order valence-corrected chi connectivity index (χ3v) is 4.54. The van der Waals surface area contributed by atoms with E-state index in [1.54, 1.807) is 0 Å². The van der Waals surface area contributed by atoms with Gasteiger partial charge in [0, 0.05) is 10.0 Å². The van der Waals surface area contributed by atoms with Crippen molar-refractivity contribution in [2.75, 3.05) is 13.6 Å². The maximum Gasteiger partial charge on any atom is 0.234 e. The average molecular weight is 376 g/mol. The fourth-order valence-electron chi connectivity index (χ4n) is 3.07. The SMILES string of the molecule is CNCC(=O)NC1(Cc2ccc(Br)cc2)CCCCC1.Cl. The second-order valence-electron chi connectivity index (χ2n) is 5.72.